The molecule has 2 rings (SSSR count). The van der Waals surface area contributed by atoms with Crippen LogP contribution in [0.15, 0.2) is 49.1 Å². The Labute approximate surface area is 144 Å². The van der Waals surface area contributed by atoms with Gasteiger partial charge in [0, 0.05) is 18.8 Å². The topological polar surface area (TPSA) is 46.9 Å². The molecule has 22 heavy (non-hydrogen) atoms. The monoisotopic (exact) mass is 359 g/mol. The fourth-order valence-electron chi connectivity index (χ4n) is 2.02. The van der Waals surface area contributed by atoms with Gasteiger partial charge in [-0.2, -0.15) is 0 Å². The summed E-state index contributed by atoms with van der Waals surface area (Å²) in [5.74, 6) is -0.184. The van der Waals surface area contributed by atoms with E-state index < -0.39 is 10.5 Å². The van der Waals surface area contributed by atoms with Gasteiger partial charge >= 0.3 is 0 Å². The second kappa shape index (κ2) is 7.86. The van der Waals surface area contributed by atoms with Crippen molar-refractivity contribution in [2.24, 2.45) is 0 Å². The molecule has 1 amide bonds. The molecule has 2 aromatic rings. The van der Waals surface area contributed by atoms with E-state index in [1.165, 1.54) is 6.33 Å². The molecule has 4 nitrogen and oxygen atoms in total. The number of rotatable bonds is 7. The van der Waals surface area contributed by atoms with E-state index in [2.05, 4.69) is 10.3 Å². The number of nitrogens with zero attached hydrogens (tertiary/aromatic N) is 2. The van der Waals surface area contributed by atoms with Gasteiger partial charge in [0.05, 0.1) is 12.2 Å². The number of benzene rings is 1. The fraction of sp³-hybridized carbons (Fsp3) is 0.333. The van der Waals surface area contributed by atoms with Crippen molar-refractivity contribution in [1.29, 1.82) is 0 Å². The molecule has 118 valence electrons. The summed E-state index contributed by atoms with van der Waals surface area (Å²) >= 11 is 18.2. The molecule has 0 saturated heterocycles. The van der Waals surface area contributed by atoms with Crippen molar-refractivity contribution in [3.8, 4) is 0 Å². The first-order chi connectivity index (χ1) is 10.5. The van der Waals surface area contributed by atoms with Gasteiger partial charge < -0.3 is 9.88 Å². The van der Waals surface area contributed by atoms with Crippen molar-refractivity contribution < 1.29 is 4.79 Å². The fourth-order valence-corrected chi connectivity index (χ4v) is 2.50. The SMILES string of the molecule is O=C(CCc1ccccc1)NC(n1ccnc1)C(Cl)(Cl)CCl. The highest BCUT2D eigenvalue weighted by Crippen LogP contribution is 2.33. The Bertz CT molecular complexity index is 587. The van der Waals surface area contributed by atoms with Crippen LogP contribution in [0.5, 0.6) is 0 Å². The van der Waals surface area contributed by atoms with E-state index in [1.54, 1.807) is 17.0 Å². The molecule has 1 N–H and O–H groups in total. The lowest BCUT2D eigenvalue weighted by molar-refractivity contribution is -0.122. The molecule has 0 fully saturated rings. The number of hydrogen-bond donors (Lipinski definition) is 1. The average Bonchev–Trinajstić information content (AvgIpc) is 3.05. The van der Waals surface area contributed by atoms with Crippen molar-refractivity contribution in [3.05, 3.63) is 54.6 Å². The predicted molar refractivity (Wildman–Crippen MR) is 89.3 cm³/mol. The number of hydrogen-bond acceptors (Lipinski definition) is 2. The van der Waals surface area contributed by atoms with Crippen molar-refractivity contribution >= 4 is 40.7 Å². The molecule has 0 aliphatic heterocycles. The highest BCUT2D eigenvalue weighted by molar-refractivity contribution is 6.51. The van der Waals surface area contributed by atoms with Crippen LogP contribution >= 0.6 is 34.8 Å². The Hall–Kier alpha value is -1.23. The molecule has 0 aliphatic carbocycles. The van der Waals surface area contributed by atoms with Crippen LogP contribution in [0.25, 0.3) is 0 Å². The molecular formula is C15H16Cl3N3O. The van der Waals surface area contributed by atoms with Crippen LogP contribution in [0.4, 0.5) is 0 Å². The third-order valence-electron chi connectivity index (χ3n) is 3.18. The average molecular weight is 361 g/mol. The molecule has 1 unspecified atom stereocenters. The zero-order chi connectivity index (χ0) is 16.0. The number of halogens is 3. The quantitative estimate of drug-likeness (QED) is 0.768. The summed E-state index contributed by atoms with van der Waals surface area (Å²) < 4.78 is 0.299. The summed E-state index contributed by atoms with van der Waals surface area (Å²) in [6.07, 6.45) is 5.09. The standard InChI is InChI=1S/C15H16Cl3N3O/c16-10-15(17,18)14(21-9-8-19-11-21)20-13(22)7-6-12-4-2-1-3-5-12/h1-5,8-9,11,14H,6-7,10H2,(H,20,22). The number of nitrogens with one attached hydrogen (secondary N) is 1. The highest BCUT2D eigenvalue weighted by Gasteiger charge is 2.36. The lowest BCUT2D eigenvalue weighted by Gasteiger charge is -2.29. The molecule has 1 heterocycles. The third kappa shape index (κ3) is 4.63. The zero-order valence-corrected chi connectivity index (χ0v) is 14.0. The Kier molecular flexibility index (Phi) is 6.12. The van der Waals surface area contributed by atoms with Crippen LogP contribution in [-0.4, -0.2) is 25.7 Å². The summed E-state index contributed by atoms with van der Waals surface area (Å²) in [6, 6.07) is 9.78. The van der Waals surface area contributed by atoms with E-state index in [0.717, 1.165) is 5.56 Å². The Balaban J connectivity index is 2.00. The van der Waals surface area contributed by atoms with Crippen LogP contribution in [0.2, 0.25) is 0 Å². The zero-order valence-electron chi connectivity index (χ0n) is 11.8. The number of imidazole rings is 1. The molecule has 0 aliphatic rings. The largest absolute Gasteiger partial charge is 0.333 e. The molecule has 0 spiro atoms. The van der Waals surface area contributed by atoms with Gasteiger partial charge in [0.15, 0.2) is 4.33 Å². The molecule has 1 aromatic heterocycles. The maximum absolute atomic E-state index is 12.2. The minimum atomic E-state index is -1.33. The van der Waals surface area contributed by atoms with Gasteiger partial charge in [-0.15, -0.1) is 11.6 Å². The maximum Gasteiger partial charge on any atom is 0.222 e. The Morgan fingerprint density at radius 2 is 2.05 bits per heavy atom. The van der Waals surface area contributed by atoms with Gasteiger partial charge in [0.2, 0.25) is 5.91 Å². The lowest BCUT2D eigenvalue weighted by Crippen LogP contribution is -2.43. The maximum atomic E-state index is 12.2. The van der Waals surface area contributed by atoms with Gasteiger partial charge in [-0.3, -0.25) is 4.79 Å². The normalized spacial score (nSPS) is 12.9. The Morgan fingerprint density at radius 1 is 1.32 bits per heavy atom. The number of amides is 1. The lowest BCUT2D eigenvalue weighted by atomic mass is 10.1. The minimum Gasteiger partial charge on any atom is -0.333 e. The Morgan fingerprint density at radius 3 is 2.64 bits per heavy atom. The number of carbonyl (C=O) groups excluding carboxylic acids is 1. The van der Waals surface area contributed by atoms with Crippen molar-refractivity contribution in [2.75, 3.05) is 5.88 Å². The molecular weight excluding hydrogens is 345 g/mol. The van der Waals surface area contributed by atoms with Gasteiger partial charge in [-0.05, 0) is 12.0 Å². The van der Waals surface area contributed by atoms with Gasteiger partial charge in [0.1, 0.15) is 6.17 Å². The predicted octanol–water partition coefficient (Wildman–Crippen LogP) is 3.54. The van der Waals surface area contributed by atoms with E-state index in [4.69, 9.17) is 34.8 Å². The first-order valence-electron chi connectivity index (χ1n) is 6.77. The van der Waals surface area contributed by atoms with Crippen LogP contribution in [0.3, 0.4) is 0 Å². The van der Waals surface area contributed by atoms with Crippen molar-refractivity contribution in [2.45, 2.75) is 23.3 Å². The second-order valence-corrected chi connectivity index (χ2v) is 6.67. The summed E-state index contributed by atoms with van der Waals surface area (Å²) in [7, 11) is 0. The first kappa shape index (κ1) is 17.1. The van der Waals surface area contributed by atoms with Crippen molar-refractivity contribution in [1.82, 2.24) is 14.9 Å². The minimum absolute atomic E-state index is 0.0298. The molecule has 0 radical (unpaired) electrons. The number of aryl methyl sites for hydroxylation is 1. The summed E-state index contributed by atoms with van der Waals surface area (Å²) in [5.41, 5.74) is 1.09. The number of alkyl halides is 3. The van der Waals surface area contributed by atoms with E-state index in [1.807, 2.05) is 30.3 Å². The molecule has 1 aromatic carbocycles. The molecule has 0 saturated carbocycles. The van der Waals surface area contributed by atoms with E-state index >= 15 is 0 Å². The number of aromatic nitrogens is 2. The first-order valence-corrected chi connectivity index (χ1v) is 8.06. The molecule has 7 heteroatoms. The molecule has 1 atom stereocenters. The number of carbonyl (C=O) groups is 1. The summed E-state index contributed by atoms with van der Waals surface area (Å²) in [6.45, 7) is 0. The van der Waals surface area contributed by atoms with Gasteiger partial charge in [-0.1, -0.05) is 53.5 Å². The smallest absolute Gasteiger partial charge is 0.222 e. The summed E-state index contributed by atoms with van der Waals surface area (Å²) in [5, 5.41) is 2.82. The van der Waals surface area contributed by atoms with Gasteiger partial charge in [-0.25, -0.2) is 4.98 Å². The third-order valence-corrected chi connectivity index (χ3v) is 4.56. The van der Waals surface area contributed by atoms with Crippen LogP contribution in [-0.2, 0) is 11.2 Å². The van der Waals surface area contributed by atoms with E-state index in [-0.39, 0.29) is 11.8 Å². The van der Waals surface area contributed by atoms with Crippen LogP contribution < -0.4 is 5.32 Å². The molecule has 0 bridgehead atoms. The van der Waals surface area contributed by atoms with Crippen LogP contribution in [0, 0.1) is 0 Å². The van der Waals surface area contributed by atoms with E-state index in [9.17, 15) is 4.79 Å². The van der Waals surface area contributed by atoms with Crippen LogP contribution in [0.1, 0.15) is 18.2 Å². The van der Waals surface area contributed by atoms with E-state index in [0.29, 0.717) is 12.8 Å². The van der Waals surface area contributed by atoms with Crippen molar-refractivity contribution in [3.63, 3.8) is 0 Å². The second-order valence-electron chi connectivity index (χ2n) is 4.86. The van der Waals surface area contributed by atoms with Gasteiger partial charge in [0.25, 0.3) is 0 Å². The highest BCUT2D eigenvalue weighted by atomic mass is 35.5. The summed E-state index contributed by atoms with van der Waals surface area (Å²) in [4.78, 5) is 16.1.